The highest BCUT2D eigenvalue weighted by Gasteiger charge is 2.45. The molecule has 3 unspecified atom stereocenters. The van der Waals surface area contributed by atoms with E-state index in [1.807, 2.05) is 18.2 Å². The van der Waals surface area contributed by atoms with Crippen molar-refractivity contribution >= 4 is 11.5 Å². The second kappa shape index (κ2) is 4.72. The van der Waals surface area contributed by atoms with Crippen molar-refractivity contribution in [1.29, 1.82) is 0 Å². The number of amidine groups is 1. The lowest BCUT2D eigenvalue weighted by atomic mass is 9.87. The van der Waals surface area contributed by atoms with Crippen LogP contribution in [-0.4, -0.2) is 23.0 Å². The molecule has 3 saturated heterocycles. The first-order valence-corrected chi connectivity index (χ1v) is 6.86. The zero-order chi connectivity index (χ0) is 13.4. The Morgan fingerprint density at radius 2 is 2.00 bits per heavy atom. The largest absolute Gasteiger partial charge is 0.364 e. The van der Waals surface area contributed by atoms with Gasteiger partial charge in [-0.05, 0) is 17.7 Å². The number of nitrogens with one attached hydrogen (secondary N) is 1. The first kappa shape index (κ1) is 11.6. The number of fused-ring (bicyclic) bond motifs is 2. The predicted molar refractivity (Wildman–Crippen MR) is 76.9 cm³/mol. The summed E-state index contributed by atoms with van der Waals surface area (Å²) >= 11 is 0. The van der Waals surface area contributed by atoms with Crippen molar-refractivity contribution in [3.05, 3.63) is 60.4 Å². The number of morpholine rings is 1. The van der Waals surface area contributed by atoms with E-state index in [0.717, 1.165) is 17.9 Å². The van der Waals surface area contributed by atoms with E-state index < -0.39 is 0 Å². The van der Waals surface area contributed by atoms with E-state index in [1.54, 1.807) is 12.4 Å². The number of rotatable bonds is 2. The molecule has 0 saturated carbocycles. The molecule has 5 rings (SSSR count). The number of pyridine rings is 1. The van der Waals surface area contributed by atoms with Gasteiger partial charge in [0.05, 0.1) is 24.0 Å². The highest BCUT2D eigenvalue weighted by atomic mass is 16.5. The molecule has 0 spiro atoms. The van der Waals surface area contributed by atoms with Crippen LogP contribution in [0.25, 0.3) is 0 Å². The lowest BCUT2D eigenvalue weighted by Crippen LogP contribution is -2.60. The Balaban J connectivity index is 1.62. The van der Waals surface area contributed by atoms with Crippen molar-refractivity contribution in [2.45, 2.75) is 24.7 Å². The lowest BCUT2D eigenvalue weighted by Gasteiger charge is -2.48. The summed E-state index contributed by atoms with van der Waals surface area (Å²) in [6.07, 6.45) is 4.92. The number of aromatic nitrogens is 1. The van der Waals surface area contributed by atoms with E-state index in [2.05, 4.69) is 39.6 Å². The third-order valence-electron chi connectivity index (χ3n) is 3.82. The number of aliphatic imine (C=N–C) groups is 1. The zero-order valence-corrected chi connectivity index (χ0v) is 10.9. The van der Waals surface area contributed by atoms with Crippen LogP contribution in [0.4, 0.5) is 5.69 Å². The summed E-state index contributed by atoms with van der Waals surface area (Å²) in [5.74, 6) is 0.911. The summed E-state index contributed by atoms with van der Waals surface area (Å²) in [4.78, 5) is 8.72. The first-order chi connectivity index (χ1) is 9.90. The van der Waals surface area contributed by atoms with Crippen molar-refractivity contribution in [2.24, 2.45) is 4.99 Å². The van der Waals surface area contributed by atoms with Crippen LogP contribution in [0.5, 0.6) is 0 Å². The topological polar surface area (TPSA) is 46.5 Å². The zero-order valence-electron chi connectivity index (χ0n) is 10.9. The van der Waals surface area contributed by atoms with Gasteiger partial charge in [-0.15, -0.1) is 0 Å². The quantitative estimate of drug-likeness (QED) is 0.908. The summed E-state index contributed by atoms with van der Waals surface area (Å²) in [5, 5.41) is 3.51. The Morgan fingerprint density at radius 1 is 1.15 bits per heavy atom. The molecule has 3 aliphatic heterocycles. The lowest BCUT2D eigenvalue weighted by molar-refractivity contribution is -0.121. The number of benzene rings is 1. The summed E-state index contributed by atoms with van der Waals surface area (Å²) < 4.78 is 5.91. The molecule has 0 radical (unpaired) electrons. The molecule has 3 atom stereocenters. The monoisotopic (exact) mass is 265 g/mol. The van der Waals surface area contributed by atoms with E-state index in [0.29, 0.717) is 0 Å². The maximum atomic E-state index is 5.91. The summed E-state index contributed by atoms with van der Waals surface area (Å²) in [6.45, 7) is 0. The van der Waals surface area contributed by atoms with Crippen LogP contribution < -0.4 is 5.32 Å². The van der Waals surface area contributed by atoms with Gasteiger partial charge < -0.3 is 10.1 Å². The smallest absolute Gasteiger partial charge is 0.132 e. The van der Waals surface area contributed by atoms with Crippen molar-refractivity contribution in [2.75, 3.05) is 0 Å². The minimum Gasteiger partial charge on any atom is -0.364 e. The third kappa shape index (κ3) is 1.98. The third-order valence-corrected chi connectivity index (χ3v) is 3.82. The second-order valence-corrected chi connectivity index (χ2v) is 5.14. The Hall–Kier alpha value is -2.20. The molecule has 100 valence electrons. The summed E-state index contributed by atoms with van der Waals surface area (Å²) in [5.41, 5.74) is 2.10. The van der Waals surface area contributed by atoms with E-state index >= 15 is 0 Å². The van der Waals surface area contributed by atoms with Crippen LogP contribution in [0.3, 0.4) is 0 Å². The maximum Gasteiger partial charge on any atom is 0.132 e. The summed E-state index contributed by atoms with van der Waals surface area (Å²) in [6, 6.07) is 14.4. The number of hydrogen-bond donors (Lipinski definition) is 1. The van der Waals surface area contributed by atoms with E-state index in [1.165, 1.54) is 5.56 Å². The minimum absolute atomic E-state index is 0.111. The molecule has 4 heterocycles. The van der Waals surface area contributed by atoms with E-state index in [9.17, 15) is 0 Å². The SMILES string of the molecule is c1ccc(C2N/C(=N/c3cccnc3)C3CC2O3)cc1. The van der Waals surface area contributed by atoms with Crippen molar-refractivity contribution in [3.8, 4) is 0 Å². The Kier molecular flexibility index (Phi) is 2.74. The van der Waals surface area contributed by atoms with Gasteiger partial charge >= 0.3 is 0 Å². The fourth-order valence-electron chi connectivity index (χ4n) is 2.77. The molecule has 3 fully saturated rings. The van der Waals surface area contributed by atoms with Crippen molar-refractivity contribution in [1.82, 2.24) is 10.3 Å². The normalized spacial score (nSPS) is 29.6. The highest BCUT2D eigenvalue weighted by Crippen LogP contribution is 2.37. The molecule has 3 aliphatic rings. The van der Waals surface area contributed by atoms with Gasteiger partial charge in [0.1, 0.15) is 11.9 Å². The molecule has 20 heavy (non-hydrogen) atoms. The number of piperidine rings is 1. The van der Waals surface area contributed by atoms with Crippen LogP contribution in [0.15, 0.2) is 59.9 Å². The van der Waals surface area contributed by atoms with Gasteiger partial charge in [-0.1, -0.05) is 30.3 Å². The van der Waals surface area contributed by atoms with Gasteiger partial charge in [0.2, 0.25) is 0 Å². The molecule has 4 nitrogen and oxygen atoms in total. The van der Waals surface area contributed by atoms with Gasteiger partial charge in [0, 0.05) is 12.6 Å². The van der Waals surface area contributed by atoms with Gasteiger partial charge in [-0.3, -0.25) is 4.98 Å². The molecule has 2 bridgehead atoms. The van der Waals surface area contributed by atoms with Crippen LogP contribution in [0.1, 0.15) is 18.0 Å². The van der Waals surface area contributed by atoms with Gasteiger partial charge in [0.15, 0.2) is 0 Å². The molecule has 0 amide bonds. The molecule has 2 aromatic rings. The fourth-order valence-corrected chi connectivity index (χ4v) is 2.77. The Morgan fingerprint density at radius 3 is 2.75 bits per heavy atom. The molecule has 0 aliphatic carbocycles. The van der Waals surface area contributed by atoms with E-state index in [4.69, 9.17) is 4.74 Å². The molecule has 4 heteroatoms. The van der Waals surface area contributed by atoms with Crippen LogP contribution >= 0.6 is 0 Å². The molecular weight excluding hydrogens is 250 g/mol. The summed E-state index contributed by atoms with van der Waals surface area (Å²) in [7, 11) is 0. The molecule has 1 aromatic heterocycles. The molecule has 1 aromatic carbocycles. The Bertz CT molecular complexity index is 621. The van der Waals surface area contributed by atoms with Gasteiger partial charge in [-0.25, -0.2) is 4.99 Å². The van der Waals surface area contributed by atoms with Crippen molar-refractivity contribution in [3.63, 3.8) is 0 Å². The second-order valence-electron chi connectivity index (χ2n) is 5.14. The van der Waals surface area contributed by atoms with Crippen LogP contribution in [-0.2, 0) is 4.74 Å². The highest BCUT2D eigenvalue weighted by molar-refractivity contribution is 5.91. The minimum atomic E-state index is 0.111. The van der Waals surface area contributed by atoms with Crippen LogP contribution in [0.2, 0.25) is 0 Å². The van der Waals surface area contributed by atoms with E-state index in [-0.39, 0.29) is 18.2 Å². The molecular formula is C16H15N3O. The maximum absolute atomic E-state index is 5.91. The average Bonchev–Trinajstić information content (AvgIpc) is 2.48. The standard InChI is InChI=1S/C16H15N3O/c1-2-5-11(6-3-1)15-13-9-14(20-13)16(19-15)18-12-7-4-8-17-10-12/h1-8,10,13-15H,9H2,(H,18,19). The van der Waals surface area contributed by atoms with Gasteiger partial charge in [-0.2, -0.15) is 0 Å². The number of nitrogens with zero attached hydrogens (tertiary/aromatic N) is 2. The number of ether oxygens (including phenoxy) is 1. The van der Waals surface area contributed by atoms with Crippen LogP contribution in [0, 0.1) is 0 Å². The number of hydrogen-bond acceptors (Lipinski definition) is 3. The average molecular weight is 265 g/mol. The van der Waals surface area contributed by atoms with Gasteiger partial charge in [0.25, 0.3) is 0 Å². The van der Waals surface area contributed by atoms with Crippen molar-refractivity contribution < 1.29 is 4.74 Å². The Labute approximate surface area is 117 Å². The molecule has 1 N–H and O–H groups in total. The fraction of sp³-hybridized carbons (Fsp3) is 0.250. The predicted octanol–water partition coefficient (Wildman–Crippen LogP) is 2.61. The first-order valence-electron chi connectivity index (χ1n) is 6.86.